The van der Waals surface area contributed by atoms with Crippen LogP contribution in [0.1, 0.15) is 10.4 Å². The largest absolute Gasteiger partial charge is 0.477 e. The van der Waals surface area contributed by atoms with Gasteiger partial charge in [0.2, 0.25) is 0 Å². The standard InChI is InChI=1S/C12H7FN2O4S/c13-9-6-10(15(18)19)8(12(16)17)5-11(9)20-7-1-3-14-4-2-7/h1-6H,(H,16,17). The van der Waals surface area contributed by atoms with Crippen molar-refractivity contribution in [1.82, 2.24) is 4.98 Å². The van der Waals surface area contributed by atoms with Crippen molar-refractivity contribution in [3.63, 3.8) is 0 Å². The lowest BCUT2D eigenvalue weighted by Crippen LogP contribution is -2.04. The normalized spacial score (nSPS) is 10.2. The van der Waals surface area contributed by atoms with Gasteiger partial charge in [0.15, 0.2) is 0 Å². The molecule has 6 nitrogen and oxygen atoms in total. The Morgan fingerprint density at radius 2 is 2.00 bits per heavy atom. The highest BCUT2D eigenvalue weighted by atomic mass is 32.2. The Morgan fingerprint density at radius 1 is 1.35 bits per heavy atom. The van der Waals surface area contributed by atoms with Crippen LogP contribution in [0.4, 0.5) is 10.1 Å². The van der Waals surface area contributed by atoms with E-state index >= 15 is 0 Å². The minimum Gasteiger partial charge on any atom is -0.477 e. The summed E-state index contributed by atoms with van der Waals surface area (Å²) in [4.78, 5) is 25.2. The minimum atomic E-state index is -1.48. The molecule has 1 aromatic heterocycles. The van der Waals surface area contributed by atoms with Gasteiger partial charge in [0.25, 0.3) is 5.69 Å². The second-order valence-corrected chi connectivity index (χ2v) is 4.76. The number of pyridine rings is 1. The highest BCUT2D eigenvalue weighted by Gasteiger charge is 2.23. The summed E-state index contributed by atoms with van der Waals surface area (Å²) < 4.78 is 13.8. The molecule has 0 unspecified atom stereocenters. The lowest BCUT2D eigenvalue weighted by molar-refractivity contribution is -0.385. The van der Waals surface area contributed by atoms with Gasteiger partial charge in [-0.15, -0.1) is 0 Å². The van der Waals surface area contributed by atoms with Crippen molar-refractivity contribution in [3.8, 4) is 0 Å². The molecule has 0 saturated carbocycles. The van der Waals surface area contributed by atoms with E-state index in [4.69, 9.17) is 5.11 Å². The molecule has 20 heavy (non-hydrogen) atoms. The number of aromatic carboxylic acids is 1. The molecule has 0 amide bonds. The van der Waals surface area contributed by atoms with Crippen molar-refractivity contribution in [2.45, 2.75) is 9.79 Å². The van der Waals surface area contributed by atoms with E-state index in [1.165, 1.54) is 12.4 Å². The number of nitro groups is 1. The van der Waals surface area contributed by atoms with E-state index in [9.17, 15) is 19.3 Å². The second kappa shape index (κ2) is 5.66. The summed E-state index contributed by atoms with van der Waals surface area (Å²) in [6.45, 7) is 0. The number of carboxylic acid groups (broad SMARTS) is 1. The van der Waals surface area contributed by atoms with Crippen LogP contribution in [0.25, 0.3) is 0 Å². The van der Waals surface area contributed by atoms with Crippen molar-refractivity contribution >= 4 is 23.4 Å². The van der Waals surface area contributed by atoms with Crippen LogP contribution in [0.2, 0.25) is 0 Å². The van der Waals surface area contributed by atoms with Gasteiger partial charge < -0.3 is 5.11 Å². The summed E-state index contributed by atoms with van der Waals surface area (Å²) in [5, 5.41) is 19.7. The maximum atomic E-state index is 13.8. The molecule has 1 N–H and O–H groups in total. The monoisotopic (exact) mass is 294 g/mol. The zero-order valence-corrected chi connectivity index (χ0v) is 10.6. The molecular formula is C12H7FN2O4S. The Bertz CT molecular complexity index is 679. The van der Waals surface area contributed by atoms with E-state index < -0.39 is 28.0 Å². The molecule has 0 fully saturated rings. The van der Waals surface area contributed by atoms with Gasteiger partial charge in [-0.25, -0.2) is 9.18 Å². The molecule has 2 aromatic rings. The van der Waals surface area contributed by atoms with Gasteiger partial charge >= 0.3 is 5.97 Å². The maximum Gasteiger partial charge on any atom is 0.342 e. The first-order valence-corrected chi connectivity index (χ1v) is 6.10. The van der Waals surface area contributed by atoms with E-state index in [2.05, 4.69) is 4.98 Å². The molecule has 102 valence electrons. The van der Waals surface area contributed by atoms with E-state index in [1.54, 1.807) is 12.1 Å². The lowest BCUT2D eigenvalue weighted by Gasteiger charge is -2.05. The summed E-state index contributed by atoms with van der Waals surface area (Å²) in [5.41, 5.74) is -1.32. The average molecular weight is 294 g/mol. The number of hydrogen-bond acceptors (Lipinski definition) is 5. The molecule has 0 aliphatic carbocycles. The molecule has 0 aliphatic rings. The molecule has 8 heteroatoms. The average Bonchev–Trinajstić information content (AvgIpc) is 2.41. The van der Waals surface area contributed by atoms with Crippen LogP contribution in [-0.2, 0) is 0 Å². The lowest BCUT2D eigenvalue weighted by atomic mass is 10.2. The maximum absolute atomic E-state index is 13.8. The summed E-state index contributed by atoms with van der Waals surface area (Å²) in [6.07, 6.45) is 3.01. The fraction of sp³-hybridized carbons (Fsp3) is 0. The first-order valence-electron chi connectivity index (χ1n) is 5.28. The Labute approximate surface area is 116 Å². The van der Waals surface area contributed by atoms with Gasteiger partial charge in [0.05, 0.1) is 11.0 Å². The van der Waals surface area contributed by atoms with Gasteiger partial charge in [-0.3, -0.25) is 15.1 Å². The van der Waals surface area contributed by atoms with E-state index in [-0.39, 0.29) is 4.90 Å². The highest BCUT2D eigenvalue weighted by Crippen LogP contribution is 2.33. The predicted molar refractivity (Wildman–Crippen MR) is 68.4 cm³/mol. The summed E-state index contributed by atoms with van der Waals surface area (Å²) in [5.74, 6) is -2.32. The molecule has 0 saturated heterocycles. The number of rotatable bonds is 4. The summed E-state index contributed by atoms with van der Waals surface area (Å²) >= 11 is 0.965. The number of halogens is 1. The summed E-state index contributed by atoms with van der Waals surface area (Å²) in [7, 11) is 0. The molecule has 0 spiro atoms. The van der Waals surface area contributed by atoms with Crippen molar-refractivity contribution in [3.05, 3.63) is 58.2 Å². The van der Waals surface area contributed by atoms with Crippen LogP contribution in [-0.4, -0.2) is 21.0 Å². The Kier molecular flexibility index (Phi) is 3.94. The van der Waals surface area contributed by atoms with Crippen LogP contribution in [0.5, 0.6) is 0 Å². The fourth-order valence-corrected chi connectivity index (χ4v) is 2.32. The first kappa shape index (κ1) is 13.9. The third-order valence-corrected chi connectivity index (χ3v) is 3.40. The number of nitro benzene ring substituents is 1. The zero-order valence-electron chi connectivity index (χ0n) is 9.82. The van der Waals surface area contributed by atoms with E-state index in [1.807, 2.05) is 0 Å². The van der Waals surface area contributed by atoms with Gasteiger partial charge in [0.1, 0.15) is 11.4 Å². The van der Waals surface area contributed by atoms with E-state index in [0.29, 0.717) is 11.0 Å². The van der Waals surface area contributed by atoms with Crippen LogP contribution in [0.15, 0.2) is 46.5 Å². The third kappa shape index (κ3) is 2.91. The van der Waals surface area contributed by atoms with Crippen molar-refractivity contribution in [2.75, 3.05) is 0 Å². The number of carboxylic acids is 1. The number of benzene rings is 1. The van der Waals surface area contributed by atoms with Crippen LogP contribution < -0.4 is 0 Å². The second-order valence-electron chi connectivity index (χ2n) is 3.65. The highest BCUT2D eigenvalue weighted by molar-refractivity contribution is 7.99. The summed E-state index contributed by atoms with van der Waals surface area (Å²) in [6, 6.07) is 4.81. The van der Waals surface area contributed by atoms with Gasteiger partial charge in [-0.2, -0.15) is 0 Å². The number of aromatic nitrogens is 1. The molecule has 0 aliphatic heterocycles. The zero-order chi connectivity index (χ0) is 14.7. The Morgan fingerprint density at radius 3 is 2.55 bits per heavy atom. The van der Waals surface area contributed by atoms with Crippen LogP contribution in [0, 0.1) is 15.9 Å². The third-order valence-electron chi connectivity index (χ3n) is 2.35. The van der Waals surface area contributed by atoms with Gasteiger partial charge in [-0.05, 0) is 18.2 Å². The Hall–Kier alpha value is -2.48. The topological polar surface area (TPSA) is 93.3 Å². The molecule has 2 rings (SSSR count). The molecular weight excluding hydrogens is 287 g/mol. The Balaban J connectivity index is 2.47. The molecule has 0 atom stereocenters. The molecule has 1 aromatic carbocycles. The predicted octanol–water partition coefficient (Wildman–Crippen LogP) is 2.98. The van der Waals surface area contributed by atoms with Crippen molar-refractivity contribution in [1.29, 1.82) is 0 Å². The molecule has 0 radical (unpaired) electrons. The molecule has 1 heterocycles. The molecule has 0 bridgehead atoms. The quantitative estimate of drug-likeness (QED) is 0.688. The van der Waals surface area contributed by atoms with E-state index in [0.717, 1.165) is 17.8 Å². The SMILES string of the molecule is O=C(O)c1cc(Sc2ccncc2)c(F)cc1[N+](=O)[O-]. The fourth-order valence-electron chi connectivity index (χ4n) is 1.48. The van der Waals surface area contributed by atoms with Gasteiger partial charge in [0, 0.05) is 22.2 Å². The van der Waals surface area contributed by atoms with Crippen LogP contribution in [0.3, 0.4) is 0 Å². The first-order chi connectivity index (χ1) is 9.49. The smallest absolute Gasteiger partial charge is 0.342 e. The van der Waals surface area contributed by atoms with Crippen molar-refractivity contribution in [2.24, 2.45) is 0 Å². The van der Waals surface area contributed by atoms with Crippen LogP contribution >= 0.6 is 11.8 Å². The van der Waals surface area contributed by atoms with Crippen molar-refractivity contribution < 1.29 is 19.2 Å². The number of nitrogens with zero attached hydrogens (tertiary/aromatic N) is 2. The number of carbonyl (C=O) groups is 1. The number of hydrogen-bond donors (Lipinski definition) is 1. The minimum absolute atomic E-state index is 0.000741. The van der Waals surface area contributed by atoms with Gasteiger partial charge in [-0.1, -0.05) is 11.8 Å².